The Morgan fingerprint density at radius 1 is 1.43 bits per heavy atom. The summed E-state index contributed by atoms with van der Waals surface area (Å²) in [6, 6.07) is 8.82. The van der Waals surface area contributed by atoms with Crippen molar-refractivity contribution in [3.63, 3.8) is 0 Å². The van der Waals surface area contributed by atoms with E-state index in [4.69, 9.17) is 0 Å². The molecule has 1 aromatic carbocycles. The fraction of sp³-hybridized carbons (Fsp3) is 0.588. The van der Waals surface area contributed by atoms with Crippen LogP contribution in [0, 0.1) is 5.92 Å². The average Bonchev–Trinajstić information content (AvgIpc) is 2.91. The number of amides is 1. The minimum atomic E-state index is 0.0663. The van der Waals surface area contributed by atoms with E-state index in [9.17, 15) is 4.79 Å². The minimum Gasteiger partial charge on any atom is -0.384 e. The number of nitrogens with zero attached hydrogens (tertiary/aromatic N) is 2. The van der Waals surface area contributed by atoms with Gasteiger partial charge in [-0.2, -0.15) is 0 Å². The van der Waals surface area contributed by atoms with Crippen molar-refractivity contribution in [1.82, 2.24) is 9.80 Å². The fourth-order valence-electron chi connectivity index (χ4n) is 3.54. The quantitative estimate of drug-likeness (QED) is 0.921. The van der Waals surface area contributed by atoms with Gasteiger partial charge in [0.2, 0.25) is 5.91 Å². The van der Waals surface area contributed by atoms with Crippen LogP contribution in [0.1, 0.15) is 18.4 Å². The number of anilines is 1. The standard InChI is InChI=1S/C17H25N3O/c1-19-9-5-7-15(19)12-20(2)17(21)14-10-13-6-3-4-8-16(13)18-11-14/h3-4,6,8,14-15,18H,5,7,9-12H2,1-2H3. The van der Waals surface area contributed by atoms with Gasteiger partial charge in [-0.05, 0) is 44.5 Å². The summed E-state index contributed by atoms with van der Waals surface area (Å²) in [6.45, 7) is 2.76. The van der Waals surface area contributed by atoms with Crippen molar-refractivity contribution in [2.24, 2.45) is 5.92 Å². The van der Waals surface area contributed by atoms with Crippen molar-refractivity contribution in [3.8, 4) is 0 Å². The molecule has 2 unspecified atom stereocenters. The van der Waals surface area contributed by atoms with Gasteiger partial charge in [0.05, 0.1) is 5.92 Å². The summed E-state index contributed by atoms with van der Waals surface area (Å²) in [7, 11) is 4.11. The highest BCUT2D eigenvalue weighted by molar-refractivity contribution is 5.80. The third-order valence-corrected chi connectivity index (χ3v) is 4.90. The Balaban J connectivity index is 1.60. The Morgan fingerprint density at radius 3 is 3.00 bits per heavy atom. The molecule has 0 bridgehead atoms. The number of para-hydroxylation sites is 1. The predicted molar refractivity (Wildman–Crippen MR) is 85.4 cm³/mol. The third-order valence-electron chi connectivity index (χ3n) is 4.90. The lowest BCUT2D eigenvalue weighted by Crippen LogP contribution is -2.44. The van der Waals surface area contributed by atoms with Crippen LogP contribution in [0.4, 0.5) is 5.69 Å². The van der Waals surface area contributed by atoms with Crippen LogP contribution in [0.25, 0.3) is 0 Å². The molecule has 2 atom stereocenters. The Kier molecular flexibility index (Phi) is 4.15. The molecule has 2 heterocycles. The van der Waals surface area contributed by atoms with Crippen LogP contribution in [-0.4, -0.2) is 55.5 Å². The number of likely N-dealkylation sites (N-methyl/N-ethyl adjacent to an activating group) is 2. The average molecular weight is 287 g/mol. The lowest BCUT2D eigenvalue weighted by atomic mass is 9.93. The molecule has 1 aromatic rings. The highest BCUT2D eigenvalue weighted by Crippen LogP contribution is 2.25. The maximum atomic E-state index is 12.7. The number of carbonyl (C=O) groups excluding carboxylic acids is 1. The Hall–Kier alpha value is -1.55. The molecule has 0 aliphatic carbocycles. The molecule has 0 saturated carbocycles. The van der Waals surface area contributed by atoms with Crippen LogP contribution in [0.2, 0.25) is 0 Å². The van der Waals surface area contributed by atoms with Gasteiger partial charge in [0.25, 0.3) is 0 Å². The zero-order valence-electron chi connectivity index (χ0n) is 13.0. The lowest BCUT2D eigenvalue weighted by molar-refractivity contribution is -0.134. The molecule has 0 aromatic heterocycles. The van der Waals surface area contributed by atoms with Crippen LogP contribution < -0.4 is 5.32 Å². The van der Waals surface area contributed by atoms with Crippen molar-refractivity contribution in [1.29, 1.82) is 0 Å². The number of rotatable bonds is 3. The number of fused-ring (bicyclic) bond motifs is 1. The second-order valence-corrected chi connectivity index (χ2v) is 6.43. The van der Waals surface area contributed by atoms with E-state index in [1.54, 1.807) is 0 Å². The van der Waals surface area contributed by atoms with Crippen LogP contribution in [0.5, 0.6) is 0 Å². The first-order chi connectivity index (χ1) is 10.1. The van der Waals surface area contributed by atoms with Gasteiger partial charge in [0.1, 0.15) is 0 Å². The summed E-state index contributed by atoms with van der Waals surface area (Å²) in [6.07, 6.45) is 3.31. The second kappa shape index (κ2) is 6.06. The van der Waals surface area contributed by atoms with E-state index in [1.807, 2.05) is 24.1 Å². The first-order valence-electron chi connectivity index (χ1n) is 7.92. The molecule has 114 valence electrons. The highest BCUT2D eigenvalue weighted by Gasteiger charge is 2.29. The van der Waals surface area contributed by atoms with Gasteiger partial charge in [0, 0.05) is 31.9 Å². The molecule has 1 saturated heterocycles. The normalized spacial score (nSPS) is 25.2. The molecular weight excluding hydrogens is 262 g/mol. The smallest absolute Gasteiger partial charge is 0.227 e. The fourth-order valence-corrected chi connectivity index (χ4v) is 3.54. The zero-order chi connectivity index (χ0) is 14.8. The van der Waals surface area contributed by atoms with Gasteiger partial charge < -0.3 is 15.1 Å². The van der Waals surface area contributed by atoms with Gasteiger partial charge >= 0.3 is 0 Å². The van der Waals surface area contributed by atoms with Gasteiger partial charge in [-0.1, -0.05) is 18.2 Å². The van der Waals surface area contributed by atoms with Gasteiger partial charge in [0.15, 0.2) is 0 Å². The molecule has 1 fully saturated rings. The van der Waals surface area contributed by atoms with Gasteiger partial charge in [-0.3, -0.25) is 4.79 Å². The lowest BCUT2D eigenvalue weighted by Gasteiger charge is -2.31. The number of likely N-dealkylation sites (tertiary alicyclic amines) is 1. The maximum absolute atomic E-state index is 12.7. The molecule has 4 heteroatoms. The minimum absolute atomic E-state index is 0.0663. The van der Waals surface area contributed by atoms with Crippen LogP contribution in [0.3, 0.4) is 0 Å². The summed E-state index contributed by atoms with van der Waals surface area (Å²) in [5.41, 5.74) is 2.44. The molecule has 21 heavy (non-hydrogen) atoms. The summed E-state index contributed by atoms with van der Waals surface area (Å²) >= 11 is 0. The Bertz CT molecular complexity index is 517. The molecule has 2 aliphatic heterocycles. The van der Waals surface area contributed by atoms with Crippen molar-refractivity contribution in [3.05, 3.63) is 29.8 Å². The highest BCUT2D eigenvalue weighted by atomic mass is 16.2. The Morgan fingerprint density at radius 2 is 2.24 bits per heavy atom. The summed E-state index contributed by atoms with van der Waals surface area (Å²) in [5.74, 6) is 0.342. The van der Waals surface area contributed by atoms with Crippen molar-refractivity contribution >= 4 is 11.6 Å². The number of carbonyl (C=O) groups is 1. The second-order valence-electron chi connectivity index (χ2n) is 6.43. The van der Waals surface area contributed by atoms with E-state index in [0.717, 1.165) is 26.1 Å². The predicted octanol–water partition coefficient (Wildman–Crippen LogP) is 1.82. The first-order valence-corrected chi connectivity index (χ1v) is 7.92. The molecule has 1 N–H and O–H groups in total. The van der Waals surface area contributed by atoms with E-state index >= 15 is 0 Å². The van der Waals surface area contributed by atoms with E-state index in [0.29, 0.717) is 6.04 Å². The topological polar surface area (TPSA) is 35.6 Å². The van der Waals surface area contributed by atoms with Crippen LogP contribution in [-0.2, 0) is 11.2 Å². The molecular formula is C17H25N3O. The largest absolute Gasteiger partial charge is 0.384 e. The third kappa shape index (κ3) is 3.05. The number of nitrogens with one attached hydrogen (secondary N) is 1. The summed E-state index contributed by atoms with van der Waals surface area (Å²) in [5, 5.41) is 3.39. The molecule has 0 radical (unpaired) electrons. The molecule has 3 rings (SSSR count). The van der Waals surface area contributed by atoms with Crippen molar-refractivity contribution in [2.45, 2.75) is 25.3 Å². The van der Waals surface area contributed by atoms with E-state index in [2.05, 4.69) is 29.4 Å². The number of hydrogen-bond acceptors (Lipinski definition) is 3. The SMILES string of the molecule is CN(CC1CCCN1C)C(=O)C1CNc2ccccc2C1. The Labute approximate surface area is 127 Å². The van der Waals surface area contributed by atoms with Crippen LogP contribution in [0.15, 0.2) is 24.3 Å². The van der Waals surface area contributed by atoms with E-state index in [-0.39, 0.29) is 11.8 Å². The number of hydrogen-bond donors (Lipinski definition) is 1. The van der Waals surface area contributed by atoms with Gasteiger partial charge in [-0.15, -0.1) is 0 Å². The molecule has 0 spiro atoms. The van der Waals surface area contributed by atoms with Crippen molar-refractivity contribution in [2.75, 3.05) is 39.0 Å². The molecule has 1 amide bonds. The first kappa shape index (κ1) is 14.4. The van der Waals surface area contributed by atoms with E-state index in [1.165, 1.54) is 24.1 Å². The molecule has 2 aliphatic rings. The summed E-state index contributed by atoms with van der Waals surface area (Å²) < 4.78 is 0. The maximum Gasteiger partial charge on any atom is 0.227 e. The van der Waals surface area contributed by atoms with Crippen LogP contribution >= 0.6 is 0 Å². The van der Waals surface area contributed by atoms with Gasteiger partial charge in [-0.25, -0.2) is 0 Å². The zero-order valence-corrected chi connectivity index (χ0v) is 13.0. The van der Waals surface area contributed by atoms with Crippen molar-refractivity contribution < 1.29 is 4.79 Å². The molecule has 4 nitrogen and oxygen atoms in total. The summed E-state index contributed by atoms with van der Waals surface area (Å²) in [4.78, 5) is 17.0. The monoisotopic (exact) mass is 287 g/mol. The number of benzene rings is 1. The van der Waals surface area contributed by atoms with E-state index < -0.39 is 0 Å².